The highest BCUT2D eigenvalue weighted by Gasteiger charge is 2.38. The average molecular weight is 463 g/mol. The van der Waals surface area contributed by atoms with Crippen molar-refractivity contribution in [3.63, 3.8) is 0 Å². The van der Waals surface area contributed by atoms with Gasteiger partial charge in [-0.1, -0.05) is 51.1 Å². The molecular formula is C24H29F3N4O2. The molecule has 0 bridgehead atoms. The Bertz CT molecular complexity index is 989. The number of rotatable bonds is 7. The standard InChI is InChI=1S/C22H23F3N4O2.C2H6/c1-3-14-28(4-2)21(30)29(18-8-6-5-7-9-18)15-16-10-12-17(13-11-16)19-26-27-20(31-19)22(23,24)25;1-2/h5-13H,3-4,14-15H2,1-2H3;1-2H3. The SMILES string of the molecule is CC.CCCN(CC)C(=O)N(Cc1ccc(-c2nnc(C(F)(F)F)o2)cc1)c1ccccc1. The molecule has 0 aliphatic carbocycles. The molecule has 178 valence electrons. The van der Waals surface area contributed by atoms with Crippen molar-refractivity contribution in [2.75, 3.05) is 18.0 Å². The van der Waals surface area contributed by atoms with Crippen molar-refractivity contribution in [2.45, 2.75) is 46.8 Å². The Kier molecular flexibility index (Phi) is 9.44. The molecule has 0 saturated heterocycles. The summed E-state index contributed by atoms with van der Waals surface area (Å²) in [5, 5.41) is 6.51. The van der Waals surface area contributed by atoms with Crippen LogP contribution < -0.4 is 4.90 Å². The zero-order valence-electron chi connectivity index (χ0n) is 19.3. The summed E-state index contributed by atoms with van der Waals surface area (Å²) in [6, 6.07) is 15.9. The first-order valence-corrected chi connectivity index (χ1v) is 10.9. The fourth-order valence-corrected chi connectivity index (χ4v) is 3.10. The van der Waals surface area contributed by atoms with Crippen molar-refractivity contribution in [1.82, 2.24) is 15.1 Å². The second-order valence-electron chi connectivity index (χ2n) is 6.89. The van der Waals surface area contributed by atoms with Crippen molar-refractivity contribution < 1.29 is 22.4 Å². The summed E-state index contributed by atoms with van der Waals surface area (Å²) < 4.78 is 42.7. The predicted octanol–water partition coefficient (Wildman–Crippen LogP) is 6.64. The van der Waals surface area contributed by atoms with Gasteiger partial charge in [-0.2, -0.15) is 13.2 Å². The summed E-state index contributed by atoms with van der Waals surface area (Å²) in [6.07, 6.45) is -3.84. The normalized spacial score (nSPS) is 10.9. The molecule has 0 radical (unpaired) electrons. The maximum atomic E-state index is 13.2. The van der Waals surface area contributed by atoms with Crippen LogP contribution in [0.4, 0.5) is 23.7 Å². The molecule has 0 unspecified atom stereocenters. The molecule has 3 rings (SSSR count). The summed E-state index contributed by atoms with van der Waals surface area (Å²) in [5.41, 5.74) is 1.94. The zero-order valence-corrected chi connectivity index (χ0v) is 19.3. The molecule has 6 nitrogen and oxygen atoms in total. The van der Waals surface area contributed by atoms with Crippen molar-refractivity contribution in [2.24, 2.45) is 0 Å². The van der Waals surface area contributed by atoms with Gasteiger partial charge in [-0.05, 0) is 43.2 Å². The Labute approximate surface area is 192 Å². The predicted molar refractivity (Wildman–Crippen MR) is 122 cm³/mol. The Hall–Kier alpha value is -3.36. The quantitative estimate of drug-likeness (QED) is 0.395. The Morgan fingerprint density at radius 2 is 1.61 bits per heavy atom. The van der Waals surface area contributed by atoms with Gasteiger partial charge in [0.2, 0.25) is 5.89 Å². The summed E-state index contributed by atoms with van der Waals surface area (Å²) in [7, 11) is 0. The van der Waals surface area contributed by atoms with Gasteiger partial charge in [0.1, 0.15) is 0 Å². The van der Waals surface area contributed by atoms with E-state index >= 15 is 0 Å². The zero-order chi connectivity index (χ0) is 24.4. The van der Waals surface area contributed by atoms with Crippen LogP contribution in [0, 0.1) is 0 Å². The lowest BCUT2D eigenvalue weighted by Crippen LogP contribution is -2.43. The van der Waals surface area contributed by atoms with E-state index in [0.29, 0.717) is 25.2 Å². The monoisotopic (exact) mass is 462 g/mol. The van der Waals surface area contributed by atoms with Crippen molar-refractivity contribution in [1.29, 1.82) is 0 Å². The van der Waals surface area contributed by atoms with Crippen LogP contribution >= 0.6 is 0 Å². The molecule has 2 amide bonds. The van der Waals surface area contributed by atoms with Crippen molar-refractivity contribution >= 4 is 11.7 Å². The first-order valence-electron chi connectivity index (χ1n) is 10.9. The maximum Gasteiger partial charge on any atom is 0.470 e. The largest absolute Gasteiger partial charge is 0.470 e. The molecule has 2 aromatic carbocycles. The van der Waals surface area contributed by atoms with Crippen LogP contribution in [0.15, 0.2) is 59.0 Å². The second-order valence-corrected chi connectivity index (χ2v) is 6.89. The van der Waals surface area contributed by atoms with E-state index in [1.165, 1.54) is 0 Å². The Balaban J connectivity index is 0.00000187. The van der Waals surface area contributed by atoms with E-state index in [2.05, 4.69) is 10.2 Å². The Morgan fingerprint density at radius 1 is 0.970 bits per heavy atom. The van der Waals surface area contributed by atoms with Gasteiger partial charge in [0, 0.05) is 24.3 Å². The molecule has 9 heteroatoms. The Morgan fingerprint density at radius 3 is 2.12 bits per heavy atom. The summed E-state index contributed by atoms with van der Waals surface area (Å²) >= 11 is 0. The van der Waals surface area contributed by atoms with Gasteiger partial charge in [-0.25, -0.2) is 4.79 Å². The van der Waals surface area contributed by atoms with Crippen LogP contribution in [-0.2, 0) is 12.7 Å². The summed E-state index contributed by atoms with van der Waals surface area (Å²) in [5.74, 6) is -1.60. The second kappa shape index (κ2) is 12.0. The minimum atomic E-state index is -4.69. The lowest BCUT2D eigenvalue weighted by Gasteiger charge is -2.30. The molecule has 3 aromatic rings. The van der Waals surface area contributed by atoms with E-state index in [0.717, 1.165) is 17.7 Å². The van der Waals surface area contributed by atoms with Crippen molar-refractivity contribution in [3.8, 4) is 11.5 Å². The van der Waals surface area contributed by atoms with Crippen LogP contribution in [0.1, 0.15) is 45.6 Å². The summed E-state index contributed by atoms with van der Waals surface area (Å²) in [4.78, 5) is 16.6. The number of nitrogens with zero attached hydrogens (tertiary/aromatic N) is 4. The van der Waals surface area contributed by atoms with Gasteiger partial charge < -0.3 is 9.32 Å². The molecule has 1 heterocycles. The molecular weight excluding hydrogens is 433 g/mol. The molecule has 0 saturated carbocycles. The van der Waals surface area contributed by atoms with Gasteiger partial charge in [0.05, 0.1) is 6.54 Å². The lowest BCUT2D eigenvalue weighted by atomic mass is 10.1. The van der Waals surface area contributed by atoms with E-state index in [4.69, 9.17) is 4.42 Å². The number of amides is 2. The lowest BCUT2D eigenvalue weighted by molar-refractivity contribution is -0.156. The third-order valence-electron chi connectivity index (χ3n) is 4.65. The first-order chi connectivity index (χ1) is 15.8. The minimum absolute atomic E-state index is 0.105. The van der Waals surface area contributed by atoms with Crippen LogP contribution in [0.25, 0.3) is 11.5 Å². The van der Waals surface area contributed by atoms with Crippen molar-refractivity contribution in [3.05, 3.63) is 66.1 Å². The number of carbonyl (C=O) groups is 1. The van der Waals surface area contributed by atoms with Gasteiger partial charge in [0.15, 0.2) is 0 Å². The highest BCUT2D eigenvalue weighted by Crippen LogP contribution is 2.30. The van der Waals surface area contributed by atoms with E-state index in [-0.39, 0.29) is 11.9 Å². The smallest absolute Gasteiger partial charge is 0.413 e. The minimum Gasteiger partial charge on any atom is -0.413 e. The fourth-order valence-electron chi connectivity index (χ4n) is 3.10. The maximum absolute atomic E-state index is 13.2. The van der Waals surface area contributed by atoms with E-state index < -0.39 is 12.1 Å². The number of aromatic nitrogens is 2. The molecule has 0 spiro atoms. The number of anilines is 1. The molecule has 0 N–H and O–H groups in total. The number of carbonyl (C=O) groups excluding carboxylic acids is 1. The van der Waals surface area contributed by atoms with E-state index in [9.17, 15) is 18.0 Å². The number of benzene rings is 2. The molecule has 0 aliphatic heterocycles. The van der Waals surface area contributed by atoms with Crippen LogP contribution in [0.5, 0.6) is 0 Å². The molecule has 33 heavy (non-hydrogen) atoms. The molecule has 0 fully saturated rings. The van der Waals surface area contributed by atoms with Gasteiger partial charge in [-0.15, -0.1) is 10.2 Å². The topological polar surface area (TPSA) is 62.5 Å². The number of hydrogen-bond acceptors (Lipinski definition) is 4. The van der Waals surface area contributed by atoms with E-state index in [1.54, 1.807) is 34.1 Å². The molecule has 0 atom stereocenters. The van der Waals surface area contributed by atoms with Crippen LogP contribution in [0.3, 0.4) is 0 Å². The average Bonchev–Trinajstić information content (AvgIpc) is 3.34. The third kappa shape index (κ3) is 6.81. The highest BCUT2D eigenvalue weighted by molar-refractivity contribution is 5.92. The number of halogens is 3. The van der Waals surface area contributed by atoms with Crippen LogP contribution in [0.2, 0.25) is 0 Å². The van der Waals surface area contributed by atoms with Crippen LogP contribution in [-0.4, -0.2) is 34.2 Å². The van der Waals surface area contributed by atoms with Gasteiger partial charge in [-0.3, -0.25) is 4.90 Å². The first kappa shape index (κ1) is 25.9. The number of para-hydroxylation sites is 1. The fraction of sp³-hybridized carbons (Fsp3) is 0.375. The molecule has 0 aliphatic rings. The molecule has 1 aromatic heterocycles. The summed E-state index contributed by atoms with van der Waals surface area (Å²) in [6.45, 7) is 9.50. The van der Waals surface area contributed by atoms with Gasteiger partial charge in [0.25, 0.3) is 0 Å². The third-order valence-corrected chi connectivity index (χ3v) is 4.65. The number of urea groups is 1. The highest BCUT2D eigenvalue weighted by atomic mass is 19.4. The van der Waals surface area contributed by atoms with E-state index in [1.807, 2.05) is 58.0 Å². The number of alkyl halides is 3. The number of hydrogen-bond donors (Lipinski definition) is 0. The van der Waals surface area contributed by atoms with Gasteiger partial charge >= 0.3 is 18.1 Å².